The zero-order valence-corrected chi connectivity index (χ0v) is 13.9. The van der Waals surface area contributed by atoms with Crippen molar-refractivity contribution in [2.45, 2.75) is 37.8 Å². The van der Waals surface area contributed by atoms with Crippen LogP contribution >= 0.6 is 0 Å². The Hall–Kier alpha value is -1.85. The zero-order chi connectivity index (χ0) is 17.5. The van der Waals surface area contributed by atoms with Gasteiger partial charge in [-0.15, -0.1) is 0 Å². The molecule has 0 unspecified atom stereocenters. The third kappa shape index (κ3) is 3.07. The van der Waals surface area contributed by atoms with Crippen molar-refractivity contribution in [3.05, 3.63) is 70.8 Å². The van der Waals surface area contributed by atoms with Crippen LogP contribution in [-0.4, -0.2) is 18.0 Å². The largest absolute Gasteiger partial charge is 0.416 e. The van der Waals surface area contributed by atoms with E-state index in [1.54, 1.807) is 12.1 Å². The highest BCUT2D eigenvalue weighted by Crippen LogP contribution is 2.44. The predicted molar refractivity (Wildman–Crippen MR) is 88.9 cm³/mol. The lowest BCUT2D eigenvalue weighted by Gasteiger charge is -2.39. The third-order valence-corrected chi connectivity index (χ3v) is 5.39. The average Bonchev–Trinajstić information content (AvgIpc) is 2.96. The number of rotatable bonds is 2. The van der Waals surface area contributed by atoms with Crippen LogP contribution in [0.2, 0.25) is 0 Å². The fraction of sp³-hybridized carbons (Fsp3) is 0.400. The van der Waals surface area contributed by atoms with Crippen molar-refractivity contribution in [1.29, 1.82) is 0 Å². The first-order valence-electron chi connectivity index (χ1n) is 8.58. The predicted octanol–water partition coefficient (Wildman–Crippen LogP) is 4.73. The standard InChI is InChI=1S/C20H20F3NO/c21-20(22,23)18-8-4-1-5-15(18)13-24-11-9-19(10-12-24)17-7-3-2-6-16(17)14-25-19/h1-8H,9-14H2. The molecule has 25 heavy (non-hydrogen) atoms. The minimum absolute atomic E-state index is 0.253. The van der Waals surface area contributed by atoms with Crippen molar-refractivity contribution in [3.8, 4) is 0 Å². The molecule has 0 aliphatic carbocycles. The van der Waals surface area contributed by atoms with Gasteiger partial charge in [0.15, 0.2) is 0 Å². The first-order valence-corrected chi connectivity index (χ1v) is 8.58. The molecule has 4 rings (SSSR count). The summed E-state index contributed by atoms with van der Waals surface area (Å²) in [7, 11) is 0. The number of hydrogen-bond acceptors (Lipinski definition) is 2. The van der Waals surface area contributed by atoms with E-state index in [2.05, 4.69) is 17.0 Å². The Labute approximate surface area is 145 Å². The molecule has 2 aliphatic heterocycles. The molecule has 2 heterocycles. The Morgan fingerprint density at radius 2 is 1.64 bits per heavy atom. The summed E-state index contributed by atoms with van der Waals surface area (Å²) in [5.74, 6) is 0. The van der Waals surface area contributed by atoms with Crippen LogP contribution in [0.15, 0.2) is 48.5 Å². The summed E-state index contributed by atoms with van der Waals surface area (Å²) in [6, 6.07) is 14.1. The molecule has 1 saturated heterocycles. The first-order chi connectivity index (χ1) is 12.0. The molecule has 0 amide bonds. The van der Waals surface area contributed by atoms with E-state index in [4.69, 9.17) is 4.74 Å². The van der Waals surface area contributed by atoms with Gasteiger partial charge >= 0.3 is 6.18 Å². The van der Waals surface area contributed by atoms with Gasteiger partial charge in [0, 0.05) is 19.6 Å². The lowest BCUT2D eigenvalue weighted by atomic mass is 9.83. The second-order valence-corrected chi connectivity index (χ2v) is 6.87. The molecule has 0 radical (unpaired) electrons. The number of hydrogen-bond donors (Lipinski definition) is 0. The fourth-order valence-electron chi connectivity index (χ4n) is 4.05. The van der Waals surface area contributed by atoms with Crippen LogP contribution < -0.4 is 0 Å². The summed E-state index contributed by atoms with van der Waals surface area (Å²) < 4.78 is 45.6. The van der Waals surface area contributed by atoms with Gasteiger partial charge in [-0.25, -0.2) is 0 Å². The van der Waals surface area contributed by atoms with E-state index < -0.39 is 11.7 Å². The van der Waals surface area contributed by atoms with E-state index >= 15 is 0 Å². The molecule has 0 N–H and O–H groups in total. The normalized spacial score (nSPS) is 20.0. The minimum atomic E-state index is -4.30. The first kappa shape index (κ1) is 16.6. The SMILES string of the molecule is FC(F)(F)c1ccccc1CN1CCC2(CC1)OCc1ccccc12. The summed E-state index contributed by atoms with van der Waals surface area (Å²) in [5.41, 5.74) is 2.05. The van der Waals surface area contributed by atoms with Crippen LogP contribution in [0.1, 0.15) is 35.1 Å². The van der Waals surface area contributed by atoms with Gasteiger partial charge in [-0.1, -0.05) is 42.5 Å². The summed E-state index contributed by atoms with van der Waals surface area (Å²) in [5, 5.41) is 0. The fourth-order valence-corrected chi connectivity index (χ4v) is 4.05. The maximum atomic E-state index is 13.2. The van der Waals surface area contributed by atoms with Crippen molar-refractivity contribution in [2.24, 2.45) is 0 Å². The molecule has 0 saturated carbocycles. The van der Waals surface area contributed by atoms with Crippen LogP contribution in [0.4, 0.5) is 13.2 Å². The number of nitrogens with zero attached hydrogens (tertiary/aromatic N) is 1. The maximum absolute atomic E-state index is 13.2. The van der Waals surface area contributed by atoms with E-state index in [0.29, 0.717) is 18.7 Å². The molecule has 1 fully saturated rings. The number of benzene rings is 2. The van der Waals surface area contributed by atoms with Gasteiger partial charge in [-0.05, 0) is 35.6 Å². The van der Waals surface area contributed by atoms with Crippen molar-refractivity contribution in [3.63, 3.8) is 0 Å². The number of halogens is 3. The second kappa shape index (κ2) is 6.15. The van der Waals surface area contributed by atoms with Gasteiger partial charge in [0.05, 0.1) is 17.8 Å². The molecule has 2 aromatic carbocycles. The molecule has 2 aromatic rings. The molecular formula is C20H20F3NO. The van der Waals surface area contributed by atoms with Crippen LogP contribution in [0.5, 0.6) is 0 Å². The number of alkyl halides is 3. The zero-order valence-electron chi connectivity index (χ0n) is 13.9. The van der Waals surface area contributed by atoms with Crippen molar-refractivity contribution < 1.29 is 17.9 Å². The lowest BCUT2D eigenvalue weighted by Crippen LogP contribution is -2.42. The molecule has 5 heteroatoms. The summed E-state index contributed by atoms with van der Waals surface area (Å²) >= 11 is 0. The van der Waals surface area contributed by atoms with Gasteiger partial charge in [0.1, 0.15) is 0 Å². The number of ether oxygens (including phenoxy) is 1. The molecule has 132 valence electrons. The highest BCUT2D eigenvalue weighted by molar-refractivity contribution is 5.36. The Morgan fingerprint density at radius 1 is 0.960 bits per heavy atom. The quantitative estimate of drug-likeness (QED) is 0.779. The summed E-state index contributed by atoms with van der Waals surface area (Å²) in [6.07, 6.45) is -2.67. The van der Waals surface area contributed by atoms with Crippen LogP contribution in [0.3, 0.4) is 0 Å². The topological polar surface area (TPSA) is 12.5 Å². The van der Waals surface area contributed by atoms with Crippen LogP contribution in [0.25, 0.3) is 0 Å². The van der Waals surface area contributed by atoms with Crippen molar-refractivity contribution >= 4 is 0 Å². The van der Waals surface area contributed by atoms with E-state index in [1.165, 1.54) is 17.2 Å². The molecule has 2 aliphatic rings. The summed E-state index contributed by atoms with van der Waals surface area (Å²) in [6.45, 7) is 2.43. The Bertz CT molecular complexity index is 764. The van der Waals surface area contributed by atoms with E-state index in [9.17, 15) is 13.2 Å². The van der Waals surface area contributed by atoms with E-state index in [-0.39, 0.29) is 5.60 Å². The Kier molecular flexibility index (Phi) is 4.08. The number of fused-ring (bicyclic) bond motifs is 2. The third-order valence-electron chi connectivity index (χ3n) is 5.39. The smallest absolute Gasteiger partial charge is 0.365 e. The molecule has 0 aromatic heterocycles. The highest BCUT2D eigenvalue weighted by Gasteiger charge is 2.42. The minimum Gasteiger partial charge on any atom is -0.365 e. The maximum Gasteiger partial charge on any atom is 0.416 e. The monoisotopic (exact) mass is 347 g/mol. The van der Waals surface area contributed by atoms with Gasteiger partial charge in [-0.2, -0.15) is 13.2 Å². The van der Waals surface area contributed by atoms with Gasteiger partial charge in [0.2, 0.25) is 0 Å². The number of piperidine rings is 1. The highest BCUT2D eigenvalue weighted by atomic mass is 19.4. The number of likely N-dealkylation sites (tertiary alicyclic amines) is 1. The molecule has 1 spiro atoms. The van der Waals surface area contributed by atoms with E-state index in [0.717, 1.165) is 32.0 Å². The Morgan fingerprint density at radius 3 is 2.40 bits per heavy atom. The Balaban J connectivity index is 1.48. The molecule has 0 bridgehead atoms. The van der Waals surface area contributed by atoms with Crippen molar-refractivity contribution in [1.82, 2.24) is 4.90 Å². The summed E-state index contributed by atoms with van der Waals surface area (Å²) in [4.78, 5) is 2.10. The van der Waals surface area contributed by atoms with Crippen LogP contribution in [-0.2, 0) is 29.7 Å². The van der Waals surface area contributed by atoms with E-state index in [1.807, 2.05) is 12.1 Å². The molecule has 0 atom stereocenters. The average molecular weight is 347 g/mol. The van der Waals surface area contributed by atoms with Crippen LogP contribution in [0, 0.1) is 0 Å². The van der Waals surface area contributed by atoms with Gasteiger partial charge < -0.3 is 4.74 Å². The van der Waals surface area contributed by atoms with Crippen molar-refractivity contribution in [2.75, 3.05) is 13.1 Å². The van der Waals surface area contributed by atoms with Gasteiger partial charge in [-0.3, -0.25) is 4.90 Å². The van der Waals surface area contributed by atoms with Gasteiger partial charge in [0.25, 0.3) is 0 Å². The molecular weight excluding hydrogens is 327 g/mol. The lowest BCUT2D eigenvalue weighted by molar-refractivity contribution is -0.138. The molecule has 2 nitrogen and oxygen atoms in total. The second-order valence-electron chi connectivity index (χ2n) is 6.87.